The SMILES string of the molecule is C[Si](C)(C)OS(=O)(=O)OCC(Cl)(Cl)C(Cl)(Cl)COS(=O)O. The summed E-state index contributed by atoms with van der Waals surface area (Å²) in [5, 5.41) is 0. The molecular formula is C7H14Cl4O7S2Si. The summed E-state index contributed by atoms with van der Waals surface area (Å²) in [6, 6.07) is 0. The summed E-state index contributed by atoms with van der Waals surface area (Å²) in [6.45, 7) is 3.28. The lowest BCUT2D eigenvalue weighted by atomic mass is 10.3. The van der Waals surface area contributed by atoms with Crippen molar-refractivity contribution in [2.75, 3.05) is 13.2 Å². The Morgan fingerprint density at radius 1 is 1.10 bits per heavy atom. The van der Waals surface area contributed by atoms with E-state index in [4.69, 9.17) is 54.8 Å². The van der Waals surface area contributed by atoms with Gasteiger partial charge in [-0.3, -0.25) is 12.6 Å². The maximum Gasteiger partial charge on any atom is 0.390 e. The summed E-state index contributed by atoms with van der Waals surface area (Å²) in [5.41, 5.74) is 0. The molecule has 0 spiro atoms. The molecule has 0 aliphatic heterocycles. The van der Waals surface area contributed by atoms with E-state index in [0.717, 1.165) is 0 Å². The Morgan fingerprint density at radius 2 is 1.52 bits per heavy atom. The fourth-order valence-corrected chi connectivity index (χ4v) is 4.75. The molecule has 0 amide bonds. The van der Waals surface area contributed by atoms with Crippen molar-refractivity contribution in [1.82, 2.24) is 0 Å². The van der Waals surface area contributed by atoms with Gasteiger partial charge >= 0.3 is 21.8 Å². The predicted octanol–water partition coefficient (Wildman–Crippen LogP) is 2.60. The summed E-state index contributed by atoms with van der Waals surface area (Å²) in [5.74, 6) is 0. The van der Waals surface area contributed by atoms with Gasteiger partial charge in [0.1, 0.15) is 13.2 Å². The van der Waals surface area contributed by atoms with Crippen molar-refractivity contribution < 1.29 is 29.4 Å². The van der Waals surface area contributed by atoms with Gasteiger partial charge in [-0.1, -0.05) is 46.4 Å². The summed E-state index contributed by atoms with van der Waals surface area (Å²) in [7, 11) is -6.77. The Kier molecular flexibility index (Phi) is 8.42. The standard InChI is InChI=1S/C7H14Cl4O7S2Si/c1-21(2,3)18-20(14,15)17-5-7(10,11)6(8,9)4-16-19(12)13/h4-5H2,1-3H3,(H,12,13). The largest absolute Gasteiger partial charge is 0.390 e. The Bertz CT molecular complexity index is 476. The molecule has 14 heteroatoms. The van der Waals surface area contributed by atoms with Crippen LogP contribution in [0.15, 0.2) is 0 Å². The Hall–Kier alpha value is 1.32. The average Bonchev–Trinajstić information content (AvgIpc) is 2.20. The first kappa shape index (κ1) is 22.3. The molecule has 0 aliphatic carbocycles. The average molecular weight is 444 g/mol. The van der Waals surface area contributed by atoms with Gasteiger partial charge in [0.05, 0.1) is 0 Å². The van der Waals surface area contributed by atoms with Crippen molar-refractivity contribution in [3.8, 4) is 0 Å². The van der Waals surface area contributed by atoms with E-state index < -0.39 is 52.0 Å². The van der Waals surface area contributed by atoms with Crippen LogP contribution in [-0.4, -0.2) is 47.4 Å². The topological polar surface area (TPSA) is 99.1 Å². The van der Waals surface area contributed by atoms with Crippen molar-refractivity contribution in [3.05, 3.63) is 0 Å². The quantitative estimate of drug-likeness (QED) is 0.332. The van der Waals surface area contributed by atoms with Crippen LogP contribution >= 0.6 is 46.4 Å². The fourth-order valence-electron chi connectivity index (χ4n) is 0.812. The van der Waals surface area contributed by atoms with Crippen LogP contribution < -0.4 is 0 Å². The first-order chi connectivity index (χ1) is 9.08. The van der Waals surface area contributed by atoms with Crippen molar-refractivity contribution in [2.45, 2.75) is 28.3 Å². The second-order valence-electron chi connectivity index (χ2n) is 4.75. The van der Waals surface area contributed by atoms with Crippen LogP contribution in [0.25, 0.3) is 0 Å². The van der Waals surface area contributed by atoms with Crippen molar-refractivity contribution in [1.29, 1.82) is 0 Å². The van der Waals surface area contributed by atoms with Crippen LogP contribution in [0, 0.1) is 0 Å². The number of hydrogen-bond acceptors (Lipinski definition) is 6. The first-order valence-corrected chi connectivity index (χ1v) is 12.5. The molecule has 128 valence electrons. The summed E-state index contributed by atoms with van der Waals surface area (Å²) >= 11 is 20.5. The minimum Gasteiger partial charge on any atom is -0.294 e. The van der Waals surface area contributed by atoms with Gasteiger partial charge in [-0.25, -0.2) is 4.18 Å². The van der Waals surface area contributed by atoms with Crippen LogP contribution in [0.2, 0.25) is 19.6 Å². The molecule has 0 aromatic carbocycles. The van der Waals surface area contributed by atoms with E-state index in [9.17, 15) is 12.6 Å². The van der Waals surface area contributed by atoms with Gasteiger partial charge in [-0.2, -0.15) is 12.6 Å². The molecule has 0 heterocycles. The molecule has 0 aromatic rings. The molecule has 0 rings (SSSR count). The Morgan fingerprint density at radius 3 is 1.90 bits per heavy atom. The minimum atomic E-state index is -4.34. The molecule has 0 bridgehead atoms. The minimum absolute atomic E-state index is 0.746. The van der Waals surface area contributed by atoms with E-state index in [-0.39, 0.29) is 0 Å². The summed E-state index contributed by atoms with van der Waals surface area (Å²) in [6.07, 6.45) is 0. The van der Waals surface area contributed by atoms with Crippen molar-refractivity contribution in [2.24, 2.45) is 0 Å². The van der Waals surface area contributed by atoms with Gasteiger partial charge in [-0.05, 0) is 19.6 Å². The Labute approximate surface area is 147 Å². The van der Waals surface area contributed by atoms with Crippen molar-refractivity contribution >= 4 is 76.5 Å². The normalized spacial score (nSPS) is 16.0. The molecule has 0 fully saturated rings. The third-order valence-corrected chi connectivity index (χ3v) is 7.27. The highest BCUT2D eigenvalue weighted by atomic mass is 35.5. The van der Waals surface area contributed by atoms with Crippen LogP contribution in [0.3, 0.4) is 0 Å². The molecular weight excluding hydrogens is 430 g/mol. The number of alkyl halides is 4. The summed E-state index contributed by atoms with van der Waals surface area (Å²) in [4.78, 5) is 0. The third kappa shape index (κ3) is 9.25. The fraction of sp³-hybridized carbons (Fsp3) is 1.00. The molecule has 1 N–H and O–H groups in total. The highest BCUT2D eigenvalue weighted by Crippen LogP contribution is 2.43. The zero-order valence-corrected chi connectivity index (χ0v) is 16.8. The van der Waals surface area contributed by atoms with E-state index in [0.29, 0.717) is 0 Å². The van der Waals surface area contributed by atoms with E-state index in [2.05, 4.69) is 8.37 Å². The number of halogens is 4. The number of rotatable bonds is 9. The lowest BCUT2D eigenvalue weighted by Crippen LogP contribution is -2.45. The molecule has 0 aromatic heterocycles. The van der Waals surface area contributed by atoms with Crippen LogP contribution in [0.4, 0.5) is 0 Å². The molecule has 1 atom stereocenters. The second-order valence-corrected chi connectivity index (χ2v) is 14.3. The van der Waals surface area contributed by atoms with Gasteiger partial charge in [0.2, 0.25) is 8.32 Å². The molecule has 0 radical (unpaired) electrons. The van der Waals surface area contributed by atoms with Gasteiger partial charge in [0.15, 0.2) is 8.67 Å². The Balaban J connectivity index is 4.77. The van der Waals surface area contributed by atoms with E-state index >= 15 is 0 Å². The smallest absolute Gasteiger partial charge is 0.294 e. The maximum atomic E-state index is 11.6. The molecule has 0 aliphatic rings. The highest BCUT2D eigenvalue weighted by Gasteiger charge is 2.49. The first-order valence-electron chi connectivity index (χ1n) is 5.18. The predicted molar refractivity (Wildman–Crippen MR) is 84.9 cm³/mol. The molecule has 7 nitrogen and oxygen atoms in total. The zero-order chi connectivity index (χ0) is 17.1. The zero-order valence-electron chi connectivity index (χ0n) is 11.1. The highest BCUT2D eigenvalue weighted by molar-refractivity contribution is 7.83. The second kappa shape index (κ2) is 7.93. The molecule has 0 saturated heterocycles. The van der Waals surface area contributed by atoms with E-state index in [1.54, 1.807) is 19.6 Å². The summed E-state index contributed by atoms with van der Waals surface area (Å²) < 4.78 is 51.3. The van der Waals surface area contributed by atoms with Gasteiger partial charge in [-0.15, -0.1) is 0 Å². The van der Waals surface area contributed by atoms with Crippen molar-refractivity contribution in [3.63, 3.8) is 0 Å². The lowest BCUT2D eigenvalue weighted by Gasteiger charge is -2.31. The van der Waals surface area contributed by atoms with Gasteiger partial charge < -0.3 is 0 Å². The van der Waals surface area contributed by atoms with E-state index in [1.807, 2.05) is 0 Å². The maximum absolute atomic E-state index is 11.6. The van der Waals surface area contributed by atoms with Crippen LogP contribution in [0.5, 0.6) is 0 Å². The molecule has 21 heavy (non-hydrogen) atoms. The van der Waals surface area contributed by atoms with Gasteiger partial charge in [0.25, 0.3) is 0 Å². The van der Waals surface area contributed by atoms with Crippen LogP contribution in [-0.2, 0) is 34.0 Å². The molecule has 1 unspecified atom stereocenters. The van der Waals surface area contributed by atoms with Gasteiger partial charge in [0, 0.05) is 0 Å². The molecule has 0 saturated carbocycles. The third-order valence-electron chi connectivity index (χ3n) is 1.61. The monoisotopic (exact) mass is 442 g/mol. The van der Waals surface area contributed by atoms with E-state index in [1.165, 1.54) is 0 Å². The number of hydrogen-bond donors (Lipinski definition) is 1. The lowest BCUT2D eigenvalue weighted by molar-refractivity contribution is 0.231. The van der Waals surface area contributed by atoms with Crippen LogP contribution in [0.1, 0.15) is 0 Å².